The molecule has 110 valence electrons. The molecular formula is C15H20ClNO3. The van der Waals surface area contributed by atoms with E-state index in [0.717, 1.165) is 0 Å². The number of ether oxygens (including phenoxy) is 2. The number of hydrogen-bond donors (Lipinski definition) is 0. The molecule has 1 saturated heterocycles. The molecule has 1 aromatic carbocycles. The van der Waals surface area contributed by atoms with Gasteiger partial charge < -0.3 is 14.4 Å². The van der Waals surface area contributed by atoms with Gasteiger partial charge in [-0.1, -0.05) is 11.6 Å². The summed E-state index contributed by atoms with van der Waals surface area (Å²) in [5.74, 6) is 0.608. The van der Waals surface area contributed by atoms with Gasteiger partial charge in [-0.25, -0.2) is 0 Å². The Labute approximate surface area is 124 Å². The fourth-order valence-electron chi connectivity index (χ4n) is 2.22. The normalized spacial score (nSPS) is 19.8. The van der Waals surface area contributed by atoms with E-state index in [1.165, 1.54) is 0 Å². The van der Waals surface area contributed by atoms with Crippen LogP contribution in [0.2, 0.25) is 5.02 Å². The summed E-state index contributed by atoms with van der Waals surface area (Å²) >= 11 is 5.84. The maximum atomic E-state index is 12.6. The fourth-order valence-corrected chi connectivity index (χ4v) is 2.35. The molecule has 1 fully saturated rings. The van der Waals surface area contributed by atoms with Crippen molar-refractivity contribution in [3.8, 4) is 5.75 Å². The SMILES string of the molecule is C[C@H]1CN(C(=O)C(C)(C)Oc2ccc(Cl)cc2)CCO1. The molecule has 1 aliphatic heterocycles. The first-order chi connectivity index (χ1) is 9.38. The Hall–Kier alpha value is -1.26. The number of benzene rings is 1. The number of carbonyl (C=O) groups excluding carboxylic acids is 1. The van der Waals surface area contributed by atoms with Crippen molar-refractivity contribution < 1.29 is 14.3 Å². The van der Waals surface area contributed by atoms with Gasteiger partial charge in [0.15, 0.2) is 5.60 Å². The Balaban J connectivity index is 2.04. The Bertz CT molecular complexity index is 473. The summed E-state index contributed by atoms with van der Waals surface area (Å²) in [4.78, 5) is 14.4. The largest absolute Gasteiger partial charge is 0.478 e. The average molecular weight is 298 g/mol. The zero-order valence-electron chi connectivity index (χ0n) is 12.1. The third-order valence-corrected chi connectivity index (χ3v) is 3.48. The van der Waals surface area contributed by atoms with Crippen molar-refractivity contribution in [2.75, 3.05) is 19.7 Å². The van der Waals surface area contributed by atoms with Crippen molar-refractivity contribution >= 4 is 17.5 Å². The van der Waals surface area contributed by atoms with Crippen LogP contribution in [0.3, 0.4) is 0 Å². The van der Waals surface area contributed by atoms with Crippen LogP contribution in [0.1, 0.15) is 20.8 Å². The van der Waals surface area contributed by atoms with Crippen molar-refractivity contribution in [2.24, 2.45) is 0 Å². The molecule has 5 heteroatoms. The van der Waals surface area contributed by atoms with Crippen LogP contribution in [0, 0.1) is 0 Å². The van der Waals surface area contributed by atoms with Crippen molar-refractivity contribution in [2.45, 2.75) is 32.5 Å². The van der Waals surface area contributed by atoms with E-state index in [1.54, 1.807) is 43.0 Å². The molecule has 4 nitrogen and oxygen atoms in total. The first-order valence-corrected chi connectivity index (χ1v) is 7.12. The van der Waals surface area contributed by atoms with Gasteiger partial charge >= 0.3 is 0 Å². The molecule has 0 unspecified atom stereocenters. The van der Waals surface area contributed by atoms with Crippen LogP contribution in [-0.4, -0.2) is 42.2 Å². The van der Waals surface area contributed by atoms with Crippen LogP contribution in [0.5, 0.6) is 5.75 Å². The Kier molecular flexibility index (Phi) is 4.55. The lowest BCUT2D eigenvalue weighted by Crippen LogP contribution is -2.54. The fraction of sp³-hybridized carbons (Fsp3) is 0.533. The van der Waals surface area contributed by atoms with E-state index in [4.69, 9.17) is 21.1 Å². The molecule has 1 amide bonds. The van der Waals surface area contributed by atoms with Gasteiger partial charge in [-0.15, -0.1) is 0 Å². The molecule has 0 saturated carbocycles. The van der Waals surface area contributed by atoms with Crippen LogP contribution in [0.4, 0.5) is 0 Å². The molecule has 2 rings (SSSR count). The first-order valence-electron chi connectivity index (χ1n) is 6.74. The van der Waals surface area contributed by atoms with Gasteiger partial charge in [-0.2, -0.15) is 0 Å². The predicted octanol–water partition coefficient (Wildman–Crippen LogP) is 2.74. The van der Waals surface area contributed by atoms with E-state index in [-0.39, 0.29) is 12.0 Å². The number of carbonyl (C=O) groups is 1. The summed E-state index contributed by atoms with van der Waals surface area (Å²) in [6.45, 7) is 7.31. The molecular weight excluding hydrogens is 278 g/mol. The second kappa shape index (κ2) is 6.02. The van der Waals surface area contributed by atoms with E-state index in [1.807, 2.05) is 6.92 Å². The Morgan fingerprint density at radius 1 is 1.40 bits per heavy atom. The maximum absolute atomic E-state index is 12.6. The minimum atomic E-state index is -0.912. The smallest absolute Gasteiger partial charge is 0.266 e. The lowest BCUT2D eigenvalue weighted by atomic mass is 10.1. The van der Waals surface area contributed by atoms with E-state index < -0.39 is 5.60 Å². The van der Waals surface area contributed by atoms with E-state index in [0.29, 0.717) is 30.5 Å². The summed E-state index contributed by atoms with van der Waals surface area (Å²) in [6.07, 6.45) is 0.0685. The van der Waals surface area contributed by atoms with Gasteiger partial charge in [0.1, 0.15) is 5.75 Å². The monoisotopic (exact) mass is 297 g/mol. The van der Waals surface area contributed by atoms with Crippen molar-refractivity contribution in [3.63, 3.8) is 0 Å². The molecule has 0 spiro atoms. The molecule has 1 atom stereocenters. The molecule has 0 bridgehead atoms. The lowest BCUT2D eigenvalue weighted by Gasteiger charge is -2.36. The molecule has 1 aromatic rings. The van der Waals surface area contributed by atoms with Gasteiger partial charge in [0.2, 0.25) is 0 Å². The van der Waals surface area contributed by atoms with Crippen molar-refractivity contribution in [1.29, 1.82) is 0 Å². The molecule has 0 N–H and O–H groups in total. The molecule has 0 aromatic heterocycles. The van der Waals surface area contributed by atoms with Gasteiger partial charge in [-0.3, -0.25) is 4.79 Å². The second-order valence-corrected chi connectivity index (χ2v) is 5.94. The molecule has 1 heterocycles. The summed E-state index contributed by atoms with van der Waals surface area (Å²) in [5.41, 5.74) is -0.912. The summed E-state index contributed by atoms with van der Waals surface area (Å²) in [5, 5.41) is 0.642. The van der Waals surface area contributed by atoms with Crippen molar-refractivity contribution in [1.82, 2.24) is 4.90 Å². The number of nitrogens with zero attached hydrogens (tertiary/aromatic N) is 1. The zero-order chi connectivity index (χ0) is 14.8. The second-order valence-electron chi connectivity index (χ2n) is 5.50. The minimum absolute atomic E-state index is 0.0254. The number of halogens is 1. The summed E-state index contributed by atoms with van der Waals surface area (Å²) < 4.78 is 11.3. The number of morpholine rings is 1. The molecule has 0 radical (unpaired) electrons. The molecule has 1 aliphatic rings. The number of rotatable bonds is 3. The minimum Gasteiger partial charge on any atom is -0.478 e. The van der Waals surface area contributed by atoms with E-state index in [2.05, 4.69) is 0 Å². The highest BCUT2D eigenvalue weighted by Gasteiger charge is 2.36. The van der Waals surface area contributed by atoms with Crippen LogP contribution in [0.25, 0.3) is 0 Å². The van der Waals surface area contributed by atoms with Gasteiger partial charge in [-0.05, 0) is 45.0 Å². The van der Waals surface area contributed by atoms with Gasteiger partial charge in [0.05, 0.1) is 12.7 Å². The topological polar surface area (TPSA) is 38.8 Å². The Morgan fingerprint density at radius 3 is 2.65 bits per heavy atom. The highest BCUT2D eigenvalue weighted by atomic mass is 35.5. The quantitative estimate of drug-likeness (QED) is 0.861. The maximum Gasteiger partial charge on any atom is 0.266 e. The lowest BCUT2D eigenvalue weighted by molar-refractivity contribution is -0.152. The van der Waals surface area contributed by atoms with Crippen LogP contribution >= 0.6 is 11.6 Å². The Morgan fingerprint density at radius 2 is 2.05 bits per heavy atom. The van der Waals surface area contributed by atoms with Crippen molar-refractivity contribution in [3.05, 3.63) is 29.3 Å². The molecule has 20 heavy (non-hydrogen) atoms. The van der Waals surface area contributed by atoms with Crippen LogP contribution in [-0.2, 0) is 9.53 Å². The third-order valence-electron chi connectivity index (χ3n) is 3.23. The van der Waals surface area contributed by atoms with Crippen LogP contribution < -0.4 is 4.74 Å². The summed E-state index contributed by atoms with van der Waals surface area (Å²) in [6, 6.07) is 7.01. The van der Waals surface area contributed by atoms with Gasteiger partial charge in [0.25, 0.3) is 5.91 Å². The number of amides is 1. The van der Waals surface area contributed by atoms with E-state index in [9.17, 15) is 4.79 Å². The third kappa shape index (κ3) is 3.64. The van der Waals surface area contributed by atoms with Gasteiger partial charge in [0, 0.05) is 18.1 Å². The zero-order valence-corrected chi connectivity index (χ0v) is 12.8. The highest BCUT2D eigenvalue weighted by Crippen LogP contribution is 2.23. The predicted molar refractivity (Wildman–Crippen MR) is 78.2 cm³/mol. The number of hydrogen-bond acceptors (Lipinski definition) is 3. The summed E-state index contributed by atoms with van der Waals surface area (Å²) in [7, 11) is 0. The highest BCUT2D eigenvalue weighted by molar-refractivity contribution is 6.30. The van der Waals surface area contributed by atoms with Crippen LogP contribution in [0.15, 0.2) is 24.3 Å². The molecule has 0 aliphatic carbocycles. The van der Waals surface area contributed by atoms with E-state index >= 15 is 0 Å². The standard InChI is InChI=1S/C15H20ClNO3/c1-11-10-17(8-9-19-11)14(18)15(2,3)20-13-6-4-12(16)5-7-13/h4-7,11H,8-10H2,1-3H3/t11-/m0/s1. The first kappa shape index (κ1) is 15.1. The average Bonchev–Trinajstić information content (AvgIpc) is 2.40.